The number of nitrogens with one attached hydrogen (secondary N) is 2. The summed E-state index contributed by atoms with van der Waals surface area (Å²) >= 11 is 0. The van der Waals surface area contributed by atoms with Crippen LogP contribution in [0.1, 0.15) is 20.8 Å². The van der Waals surface area contributed by atoms with E-state index in [9.17, 15) is 23.6 Å². The molecule has 0 aliphatic heterocycles. The molecular weight excluding hydrogens is 310 g/mol. The van der Waals surface area contributed by atoms with Gasteiger partial charge in [0.05, 0.1) is 22.5 Å². The highest BCUT2D eigenvalue weighted by molar-refractivity contribution is 7.89. The number of nitrogens with zero attached hydrogens (tertiary/aromatic N) is 1. The SMILES string of the molecule is CNS(=O)(=O)c1ccc(NC(CO)C(C)(C)C)c([N+](=O)[O-])c1. The normalized spacial score (nSPS) is 13.7. The van der Waals surface area contributed by atoms with Crippen LogP contribution >= 0.6 is 0 Å². The summed E-state index contributed by atoms with van der Waals surface area (Å²) in [4.78, 5) is 10.3. The maximum atomic E-state index is 11.7. The minimum atomic E-state index is -3.77. The molecule has 1 aromatic carbocycles. The highest BCUT2D eigenvalue weighted by Crippen LogP contribution is 2.31. The van der Waals surface area contributed by atoms with E-state index in [-0.39, 0.29) is 28.3 Å². The molecule has 0 aromatic heterocycles. The molecule has 0 heterocycles. The van der Waals surface area contributed by atoms with Gasteiger partial charge in [0.2, 0.25) is 10.0 Å². The molecule has 8 nitrogen and oxygen atoms in total. The third-order valence-corrected chi connectivity index (χ3v) is 4.71. The predicted molar refractivity (Wildman–Crippen MR) is 83.3 cm³/mol. The van der Waals surface area contributed by atoms with Crippen molar-refractivity contribution in [2.24, 2.45) is 5.41 Å². The summed E-state index contributed by atoms with van der Waals surface area (Å²) in [6.45, 7) is 5.43. The van der Waals surface area contributed by atoms with Gasteiger partial charge in [-0.1, -0.05) is 20.8 Å². The molecular formula is C13H21N3O5S. The third kappa shape index (κ3) is 4.15. The number of aliphatic hydroxyl groups excluding tert-OH is 1. The first-order chi connectivity index (χ1) is 10.0. The topological polar surface area (TPSA) is 122 Å². The summed E-state index contributed by atoms with van der Waals surface area (Å²) in [5.41, 5.74) is -0.536. The second-order valence-electron chi connectivity index (χ2n) is 5.89. The molecule has 9 heteroatoms. The van der Waals surface area contributed by atoms with Crippen LogP contribution in [0.4, 0.5) is 11.4 Å². The second-order valence-corrected chi connectivity index (χ2v) is 7.78. The molecule has 1 rings (SSSR count). The van der Waals surface area contributed by atoms with Gasteiger partial charge in [-0.25, -0.2) is 13.1 Å². The Morgan fingerprint density at radius 3 is 2.36 bits per heavy atom. The quantitative estimate of drug-likeness (QED) is 0.534. The number of rotatable bonds is 6. The van der Waals surface area contributed by atoms with Crippen molar-refractivity contribution in [3.8, 4) is 0 Å². The van der Waals surface area contributed by atoms with Crippen LogP contribution in [-0.2, 0) is 10.0 Å². The van der Waals surface area contributed by atoms with Crippen molar-refractivity contribution in [1.82, 2.24) is 4.72 Å². The van der Waals surface area contributed by atoms with Crippen molar-refractivity contribution < 1.29 is 18.4 Å². The Morgan fingerprint density at radius 1 is 1.36 bits per heavy atom. The predicted octanol–water partition coefficient (Wildman–Crippen LogP) is 1.32. The van der Waals surface area contributed by atoms with E-state index in [2.05, 4.69) is 10.0 Å². The molecule has 0 amide bonds. The van der Waals surface area contributed by atoms with E-state index in [0.29, 0.717) is 0 Å². The van der Waals surface area contributed by atoms with Gasteiger partial charge in [-0.3, -0.25) is 10.1 Å². The number of aliphatic hydroxyl groups is 1. The molecule has 0 saturated heterocycles. The minimum absolute atomic E-state index is 0.161. The molecule has 0 aliphatic carbocycles. The number of benzene rings is 1. The average Bonchev–Trinajstić information content (AvgIpc) is 2.43. The van der Waals surface area contributed by atoms with Gasteiger partial charge < -0.3 is 10.4 Å². The largest absolute Gasteiger partial charge is 0.394 e. The molecule has 22 heavy (non-hydrogen) atoms. The second kappa shape index (κ2) is 6.59. The van der Waals surface area contributed by atoms with Crippen molar-refractivity contribution in [3.05, 3.63) is 28.3 Å². The maximum absolute atomic E-state index is 11.7. The molecule has 1 atom stereocenters. The van der Waals surface area contributed by atoms with E-state index in [4.69, 9.17) is 0 Å². The van der Waals surface area contributed by atoms with E-state index in [0.717, 1.165) is 6.07 Å². The first-order valence-corrected chi connectivity index (χ1v) is 8.10. The Balaban J connectivity index is 3.30. The van der Waals surface area contributed by atoms with E-state index in [1.165, 1.54) is 19.2 Å². The monoisotopic (exact) mass is 331 g/mol. The fourth-order valence-electron chi connectivity index (χ4n) is 1.79. The fourth-order valence-corrected chi connectivity index (χ4v) is 2.54. The molecule has 1 aromatic rings. The number of hydrogen-bond donors (Lipinski definition) is 3. The van der Waals surface area contributed by atoms with Crippen LogP contribution in [-0.4, -0.2) is 38.1 Å². The highest BCUT2D eigenvalue weighted by Gasteiger charge is 2.27. The number of anilines is 1. The molecule has 3 N–H and O–H groups in total. The van der Waals surface area contributed by atoms with E-state index >= 15 is 0 Å². The van der Waals surface area contributed by atoms with Gasteiger partial charge in [-0.2, -0.15) is 0 Å². The van der Waals surface area contributed by atoms with Crippen LogP contribution in [0.15, 0.2) is 23.1 Å². The first-order valence-electron chi connectivity index (χ1n) is 6.62. The maximum Gasteiger partial charge on any atom is 0.293 e. The molecule has 0 fully saturated rings. The number of hydrogen-bond acceptors (Lipinski definition) is 6. The molecule has 1 unspecified atom stereocenters. The average molecular weight is 331 g/mol. The zero-order chi connectivity index (χ0) is 17.1. The van der Waals surface area contributed by atoms with Gasteiger partial charge in [-0.05, 0) is 24.6 Å². The molecule has 0 spiro atoms. The van der Waals surface area contributed by atoms with Crippen LogP contribution in [0.5, 0.6) is 0 Å². The van der Waals surface area contributed by atoms with Gasteiger partial charge in [0.15, 0.2) is 0 Å². The molecule has 0 aliphatic rings. The van der Waals surface area contributed by atoms with Gasteiger partial charge in [0, 0.05) is 6.07 Å². The minimum Gasteiger partial charge on any atom is -0.394 e. The van der Waals surface area contributed by atoms with Crippen molar-refractivity contribution in [2.75, 3.05) is 19.0 Å². The summed E-state index contributed by atoms with van der Waals surface area (Å²) in [5, 5.41) is 23.5. The van der Waals surface area contributed by atoms with Gasteiger partial charge in [0.1, 0.15) is 5.69 Å². The van der Waals surface area contributed by atoms with E-state index in [1.54, 1.807) is 0 Å². The van der Waals surface area contributed by atoms with E-state index in [1.807, 2.05) is 20.8 Å². The van der Waals surface area contributed by atoms with Crippen LogP contribution in [0.3, 0.4) is 0 Å². The first kappa shape index (κ1) is 18.3. The number of sulfonamides is 1. The Kier molecular flexibility index (Phi) is 5.49. The molecule has 0 saturated carbocycles. The summed E-state index contributed by atoms with van der Waals surface area (Å²) in [6.07, 6.45) is 0. The zero-order valence-corrected chi connectivity index (χ0v) is 13.8. The highest BCUT2D eigenvalue weighted by atomic mass is 32.2. The summed E-state index contributed by atoms with van der Waals surface area (Å²) in [7, 11) is -2.53. The van der Waals surface area contributed by atoms with Crippen LogP contribution < -0.4 is 10.0 Å². The lowest BCUT2D eigenvalue weighted by molar-refractivity contribution is -0.384. The number of nitro groups is 1. The van der Waals surface area contributed by atoms with Gasteiger partial charge in [-0.15, -0.1) is 0 Å². The standard InChI is InChI=1S/C13H21N3O5S/c1-13(2,3)12(8-17)15-10-6-5-9(22(20,21)14-4)7-11(10)16(18)19/h5-7,12,14-15,17H,8H2,1-4H3. The van der Waals surface area contributed by atoms with Crippen molar-refractivity contribution >= 4 is 21.4 Å². The van der Waals surface area contributed by atoms with E-state index < -0.39 is 21.0 Å². The van der Waals surface area contributed by atoms with Crippen LogP contribution in [0.2, 0.25) is 0 Å². The van der Waals surface area contributed by atoms with Crippen LogP contribution in [0, 0.1) is 15.5 Å². The van der Waals surface area contributed by atoms with Gasteiger partial charge in [0.25, 0.3) is 5.69 Å². The number of nitro benzene ring substituents is 1. The van der Waals surface area contributed by atoms with Crippen molar-refractivity contribution in [2.45, 2.75) is 31.7 Å². The summed E-state index contributed by atoms with van der Waals surface area (Å²) in [5.74, 6) is 0. The summed E-state index contributed by atoms with van der Waals surface area (Å²) in [6, 6.07) is 3.18. The third-order valence-electron chi connectivity index (χ3n) is 3.30. The molecule has 0 radical (unpaired) electrons. The summed E-state index contributed by atoms with van der Waals surface area (Å²) < 4.78 is 25.6. The molecule has 124 valence electrons. The van der Waals surface area contributed by atoms with Crippen LogP contribution in [0.25, 0.3) is 0 Å². The molecule has 0 bridgehead atoms. The van der Waals surface area contributed by atoms with Crippen molar-refractivity contribution in [3.63, 3.8) is 0 Å². The Labute approximate surface area is 129 Å². The zero-order valence-electron chi connectivity index (χ0n) is 13.0. The lowest BCUT2D eigenvalue weighted by Gasteiger charge is -2.30. The lowest BCUT2D eigenvalue weighted by Crippen LogP contribution is -2.37. The Bertz CT molecular complexity index is 652. The Morgan fingerprint density at radius 2 is 1.95 bits per heavy atom. The van der Waals surface area contributed by atoms with Gasteiger partial charge >= 0.3 is 0 Å². The van der Waals surface area contributed by atoms with Crippen molar-refractivity contribution in [1.29, 1.82) is 0 Å². The lowest BCUT2D eigenvalue weighted by atomic mass is 9.87. The fraction of sp³-hybridized carbons (Fsp3) is 0.538. The smallest absolute Gasteiger partial charge is 0.293 e. The Hall–Kier alpha value is -1.71.